The molecule has 0 aliphatic heterocycles. The molecule has 0 bridgehead atoms. The Balaban J connectivity index is 1.01. The van der Waals surface area contributed by atoms with Crippen LogP contribution in [-0.2, 0) is 10.8 Å². The molecular weight excluding hydrogens is 831 g/mol. The first-order valence-electron chi connectivity index (χ1n) is 25.2. The molecule has 0 N–H and O–H groups in total. The fraction of sp³-hybridized carbons (Fsp3) is 0.147. The minimum absolute atomic E-state index is 0.0918. The summed E-state index contributed by atoms with van der Waals surface area (Å²) >= 11 is 0. The van der Waals surface area contributed by atoms with Gasteiger partial charge in [0.15, 0.2) is 0 Å². The van der Waals surface area contributed by atoms with Gasteiger partial charge in [0.25, 0.3) is 0 Å². The molecule has 0 saturated heterocycles. The van der Waals surface area contributed by atoms with Crippen molar-refractivity contribution in [3.05, 3.63) is 257 Å². The number of anilines is 3. The van der Waals surface area contributed by atoms with Crippen LogP contribution in [0.1, 0.15) is 90.8 Å². The molecule has 1 fully saturated rings. The summed E-state index contributed by atoms with van der Waals surface area (Å²) in [5.74, 6) is 0.607. The Labute approximate surface area is 406 Å². The monoisotopic (exact) mass is 883 g/mol. The van der Waals surface area contributed by atoms with Crippen molar-refractivity contribution < 1.29 is 0 Å². The number of rotatable bonds is 6. The first-order valence-corrected chi connectivity index (χ1v) is 25.2. The number of nitrogens with zero attached hydrogens (tertiary/aromatic N) is 1. The van der Waals surface area contributed by atoms with Crippen LogP contribution in [0.4, 0.5) is 17.1 Å². The maximum Gasteiger partial charge on any atom is 0.0726 e. The van der Waals surface area contributed by atoms with Crippen LogP contribution >= 0.6 is 0 Å². The van der Waals surface area contributed by atoms with E-state index in [1.807, 2.05) is 0 Å². The van der Waals surface area contributed by atoms with Crippen molar-refractivity contribution in [1.29, 1.82) is 0 Å². The van der Waals surface area contributed by atoms with E-state index in [0.717, 1.165) is 17.1 Å². The summed E-state index contributed by atoms with van der Waals surface area (Å²) in [5, 5.41) is 2.51. The van der Waals surface area contributed by atoms with Crippen molar-refractivity contribution >= 4 is 27.8 Å². The number of hydrogen-bond donors (Lipinski definition) is 0. The van der Waals surface area contributed by atoms with E-state index < -0.39 is 5.41 Å². The molecule has 10 aromatic carbocycles. The smallest absolute Gasteiger partial charge is 0.0726 e. The molecule has 1 saturated carbocycles. The van der Waals surface area contributed by atoms with Gasteiger partial charge in [0.05, 0.1) is 5.41 Å². The molecule has 4 aliphatic rings. The molecule has 1 spiro atoms. The standard InChI is InChI=1S/C68H53N/c1-67(2)60-31-12-9-28-56(60)59-42-50(36-39-61(59)67)69(49-25-15-24-48(40-49)53-30-17-23-46-22-16-29-52(66(46)53)45-20-7-4-8-21-45)51-35-38-58-57-37-34-47(44-18-5-3-6-19-44)41-64(57)68(65(58)43-51)62-32-13-10-26-54(62)55-27-11-14-33-63(55)68/h4,7-17,20-44H,3,5-6,18-19H2,1-2H3. The Bertz CT molecular complexity index is 3650. The predicted octanol–water partition coefficient (Wildman–Crippen LogP) is 18.3. The second-order valence-electron chi connectivity index (χ2n) is 20.6. The fourth-order valence-electron chi connectivity index (χ4n) is 13.5. The minimum atomic E-state index is -0.455. The summed E-state index contributed by atoms with van der Waals surface area (Å²) in [4.78, 5) is 2.54. The average molecular weight is 884 g/mol. The van der Waals surface area contributed by atoms with Crippen LogP contribution in [0.3, 0.4) is 0 Å². The van der Waals surface area contributed by atoms with E-state index in [1.165, 1.54) is 137 Å². The van der Waals surface area contributed by atoms with Crippen LogP contribution in [0.2, 0.25) is 0 Å². The summed E-state index contributed by atoms with van der Waals surface area (Å²) in [5.41, 5.74) is 25.6. The van der Waals surface area contributed by atoms with E-state index in [-0.39, 0.29) is 5.41 Å². The topological polar surface area (TPSA) is 3.24 Å². The van der Waals surface area contributed by atoms with Gasteiger partial charge < -0.3 is 4.90 Å². The highest BCUT2D eigenvalue weighted by Gasteiger charge is 2.52. The quantitative estimate of drug-likeness (QED) is 0.161. The Hall–Kier alpha value is -7.74. The third-order valence-corrected chi connectivity index (χ3v) is 16.7. The van der Waals surface area contributed by atoms with Crippen LogP contribution in [0.5, 0.6) is 0 Å². The summed E-state index contributed by atoms with van der Waals surface area (Å²) < 4.78 is 0. The molecular formula is C68H53N. The Morgan fingerprint density at radius 1 is 0.348 bits per heavy atom. The third kappa shape index (κ3) is 5.90. The van der Waals surface area contributed by atoms with Gasteiger partial charge in [0, 0.05) is 22.5 Å². The van der Waals surface area contributed by atoms with Crippen molar-refractivity contribution in [1.82, 2.24) is 0 Å². The lowest BCUT2D eigenvalue weighted by molar-refractivity contribution is 0.443. The van der Waals surface area contributed by atoms with E-state index >= 15 is 0 Å². The highest BCUT2D eigenvalue weighted by molar-refractivity contribution is 6.07. The zero-order chi connectivity index (χ0) is 45.8. The zero-order valence-corrected chi connectivity index (χ0v) is 39.3. The lowest BCUT2D eigenvalue weighted by Crippen LogP contribution is -2.26. The Morgan fingerprint density at radius 3 is 1.58 bits per heavy atom. The maximum absolute atomic E-state index is 2.64. The molecule has 14 rings (SSSR count). The fourth-order valence-corrected chi connectivity index (χ4v) is 13.5. The van der Waals surface area contributed by atoms with Crippen molar-refractivity contribution in [2.45, 2.75) is 62.7 Å². The van der Waals surface area contributed by atoms with Gasteiger partial charge in [0.1, 0.15) is 0 Å². The van der Waals surface area contributed by atoms with Gasteiger partial charge in [-0.05, 0) is 161 Å². The van der Waals surface area contributed by atoms with Gasteiger partial charge in [-0.1, -0.05) is 215 Å². The van der Waals surface area contributed by atoms with Crippen molar-refractivity contribution in [2.24, 2.45) is 0 Å². The highest BCUT2D eigenvalue weighted by atomic mass is 15.1. The van der Waals surface area contributed by atoms with Crippen LogP contribution in [0, 0.1) is 0 Å². The molecule has 0 aromatic heterocycles. The second-order valence-corrected chi connectivity index (χ2v) is 20.6. The van der Waals surface area contributed by atoms with Crippen LogP contribution in [0.15, 0.2) is 218 Å². The Morgan fingerprint density at radius 2 is 0.855 bits per heavy atom. The highest BCUT2D eigenvalue weighted by Crippen LogP contribution is 2.64. The van der Waals surface area contributed by atoms with Crippen LogP contribution in [-0.4, -0.2) is 0 Å². The van der Waals surface area contributed by atoms with Gasteiger partial charge in [-0.2, -0.15) is 0 Å². The summed E-state index contributed by atoms with van der Waals surface area (Å²) in [6.45, 7) is 4.75. The first-order chi connectivity index (χ1) is 34.0. The molecule has 1 heteroatoms. The van der Waals surface area contributed by atoms with Crippen molar-refractivity contribution in [3.63, 3.8) is 0 Å². The van der Waals surface area contributed by atoms with Gasteiger partial charge >= 0.3 is 0 Å². The molecule has 0 amide bonds. The molecule has 4 aliphatic carbocycles. The molecule has 10 aromatic rings. The minimum Gasteiger partial charge on any atom is -0.310 e. The van der Waals surface area contributed by atoms with Crippen molar-refractivity contribution in [3.8, 4) is 55.6 Å². The average Bonchev–Trinajstić information content (AvgIpc) is 3.96. The molecule has 0 atom stereocenters. The van der Waals surface area contributed by atoms with E-state index in [1.54, 1.807) is 0 Å². The first kappa shape index (κ1) is 40.3. The second kappa shape index (κ2) is 15.4. The Kier molecular flexibility index (Phi) is 9.00. The molecule has 0 heterocycles. The molecule has 1 nitrogen and oxygen atoms in total. The third-order valence-electron chi connectivity index (χ3n) is 16.7. The molecule has 69 heavy (non-hydrogen) atoms. The van der Waals surface area contributed by atoms with E-state index in [9.17, 15) is 0 Å². The lowest BCUT2D eigenvalue weighted by atomic mass is 9.69. The van der Waals surface area contributed by atoms with E-state index in [2.05, 4.69) is 237 Å². The summed E-state index contributed by atoms with van der Waals surface area (Å²) in [6, 6.07) is 83.4. The van der Waals surface area contributed by atoms with Crippen LogP contribution < -0.4 is 4.90 Å². The lowest BCUT2D eigenvalue weighted by Gasteiger charge is -2.33. The van der Waals surface area contributed by atoms with Crippen LogP contribution in [0.25, 0.3) is 66.4 Å². The van der Waals surface area contributed by atoms with Gasteiger partial charge in [-0.25, -0.2) is 0 Å². The normalized spacial score (nSPS) is 15.6. The number of hydrogen-bond acceptors (Lipinski definition) is 1. The van der Waals surface area contributed by atoms with Gasteiger partial charge in [0.2, 0.25) is 0 Å². The number of benzene rings is 10. The predicted molar refractivity (Wildman–Crippen MR) is 289 cm³/mol. The summed E-state index contributed by atoms with van der Waals surface area (Å²) in [7, 11) is 0. The SMILES string of the molecule is CC1(C)c2ccccc2-c2cc(N(c3cccc(-c4cccc5cccc(-c6ccccc6)c45)c3)c3ccc4c(c3)C3(c5ccccc5-c5ccccc53)c3cc(C5CCCCC5)ccc3-4)ccc21. The number of fused-ring (bicyclic) bond motifs is 14. The molecule has 330 valence electrons. The van der Waals surface area contributed by atoms with Crippen molar-refractivity contribution in [2.75, 3.05) is 4.90 Å². The van der Waals surface area contributed by atoms with Gasteiger partial charge in [-0.3, -0.25) is 0 Å². The largest absolute Gasteiger partial charge is 0.310 e. The van der Waals surface area contributed by atoms with E-state index in [4.69, 9.17) is 0 Å². The van der Waals surface area contributed by atoms with E-state index in [0.29, 0.717) is 5.92 Å². The van der Waals surface area contributed by atoms with Gasteiger partial charge in [-0.15, -0.1) is 0 Å². The molecule has 0 radical (unpaired) electrons. The molecule has 0 unspecified atom stereocenters. The maximum atomic E-state index is 2.64. The summed E-state index contributed by atoms with van der Waals surface area (Å²) in [6.07, 6.45) is 6.54. The zero-order valence-electron chi connectivity index (χ0n) is 39.3.